The predicted octanol–water partition coefficient (Wildman–Crippen LogP) is 3.33. The molecule has 1 heterocycles. The summed E-state index contributed by atoms with van der Waals surface area (Å²) in [5.74, 6) is -0.239. The van der Waals surface area contributed by atoms with Gasteiger partial charge in [-0.25, -0.2) is 4.98 Å². The highest BCUT2D eigenvalue weighted by molar-refractivity contribution is 5.66. The Morgan fingerprint density at radius 3 is 2.84 bits per heavy atom. The summed E-state index contributed by atoms with van der Waals surface area (Å²) in [6.07, 6.45) is 4.24. The van der Waals surface area contributed by atoms with Gasteiger partial charge in [0, 0.05) is 18.2 Å². The number of nitrogens with one attached hydrogen (secondary N) is 1. The van der Waals surface area contributed by atoms with Crippen molar-refractivity contribution in [3.63, 3.8) is 0 Å². The summed E-state index contributed by atoms with van der Waals surface area (Å²) >= 11 is 0. The molecule has 25 heavy (non-hydrogen) atoms. The van der Waals surface area contributed by atoms with Gasteiger partial charge in [-0.2, -0.15) is 5.26 Å². The smallest absolute Gasteiger partial charge is 0.303 e. The summed E-state index contributed by atoms with van der Waals surface area (Å²) in [7, 11) is 0. The van der Waals surface area contributed by atoms with Crippen LogP contribution in [0.2, 0.25) is 0 Å². The number of hydrogen-bond donors (Lipinski definition) is 2. The van der Waals surface area contributed by atoms with E-state index in [1.54, 1.807) is 0 Å². The van der Waals surface area contributed by atoms with Crippen molar-refractivity contribution in [2.24, 2.45) is 0 Å². The molecule has 1 atom stereocenters. The molecule has 0 radical (unpaired) electrons. The van der Waals surface area contributed by atoms with Crippen LogP contribution in [0.25, 0.3) is 0 Å². The van der Waals surface area contributed by atoms with Crippen molar-refractivity contribution in [2.45, 2.75) is 44.6 Å². The molecule has 2 aromatic rings. The fourth-order valence-corrected chi connectivity index (χ4v) is 3.28. The van der Waals surface area contributed by atoms with E-state index in [-0.39, 0.29) is 12.5 Å². The van der Waals surface area contributed by atoms with Gasteiger partial charge in [0.1, 0.15) is 11.9 Å². The number of aliphatic carboxylic acids is 1. The molecule has 5 nitrogen and oxygen atoms in total. The molecule has 0 saturated heterocycles. The van der Waals surface area contributed by atoms with Crippen molar-refractivity contribution in [2.75, 3.05) is 5.32 Å². The van der Waals surface area contributed by atoms with E-state index in [9.17, 15) is 10.1 Å². The minimum absolute atomic E-state index is 0.0807. The van der Waals surface area contributed by atoms with Crippen LogP contribution in [0.3, 0.4) is 0 Å². The number of rotatable bonds is 7. The van der Waals surface area contributed by atoms with Crippen LogP contribution in [0.1, 0.15) is 41.6 Å². The van der Waals surface area contributed by atoms with E-state index in [4.69, 9.17) is 5.11 Å². The molecule has 1 aromatic heterocycles. The summed E-state index contributed by atoms with van der Waals surface area (Å²) in [5.41, 5.74) is 3.88. The zero-order valence-corrected chi connectivity index (χ0v) is 14.0. The maximum atomic E-state index is 11.0. The number of pyridine rings is 1. The van der Waals surface area contributed by atoms with Crippen molar-refractivity contribution >= 4 is 11.8 Å². The average Bonchev–Trinajstić information content (AvgIpc) is 3.07. The molecular weight excluding hydrogens is 314 g/mol. The molecular formula is C20H21N3O2. The molecule has 1 aromatic carbocycles. The van der Waals surface area contributed by atoms with Crippen LogP contribution < -0.4 is 5.32 Å². The van der Waals surface area contributed by atoms with Gasteiger partial charge in [-0.3, -0.25) is 4.79 Å². The lowest BCUT2D eigenvalue weighted by Gasteiger charge is -2.20. The van der Waals surface area contributed by atoms with Crippen molar-refractivity contribution in [1.82, 2.24) is 4.98 Å². The number of carboxylic acid groups (broad SMARTS) is 1. The molecule has 1 unspecified atom stereocenters. The number of aromatic nitrogens is 1. The Kier molecular flexibility index (Phi) is 5.30. The van der Waals surface area contributed by atoms with Crippen LogP contribution in [0, 0.1) is 11.3 Å². The third-order valence-corrected chi connectivity index (χ3v) is 4.54. The van der Waals surface area contributed by atoms with E-state index in [1.165, 1.54) is 0 Å². The third-order valence-electron chi connectivity index (χ3n) is 4.54. The van der Waals surface area contributed by atoms with E-state index < -0.39 is 5.97 Å². The van der Waals surface area contributed by atoms with Crippen molar-refractivity contribution in [1.29, 1.82) is 5.26 Å². The highest BCUT2D eigenvalue weighted by Crippen LogP contribution is 2.26. The van der Waals surface area contributed by atoms with Crippen LogP contribution in [0.15, 0.2) is 36.4 Å². The van der Waals surface area contributed by atoms with Gasteiger partial charge >= 0.3 is 5.97 Å². The van der Waals surface area contributed by atoms with Gasteiger partial charge in [-0.15, -0.1) is 0 Å². The lowest BCUT2D eigenvalue weighted by molar-refractivity contribution is -0.137. The first kappa shape index (κ1) is 17.0. The van der Waals surface area contributed by atoms with Gasteiger partial charge < -0.3 is 10.4 Å². The Bertz CT molecular complexity index is 797. The number of nitriles is 1. The van der Waals surface area contributed by atoms with Gasteiger partial charge in [-0.1, -0.05) is 30.3 Å². The van der Waals surface area contributed by atoms with Crippen molar-refractivity contribution in [3.8, 4) is 6.07 Å². The number of carbonyl (C=O) groups is 1. The first-order chi connectivity index (χ1) is 12.2. The Morgan fingerprint density at radius 2 is 2.12 bits per heavy atom. The third kappa shape index (κ3) is 4.36. The fourth-order valence-electron chi connectivity index (χ4n) is 3.28. The summed E-state index contributed by atoms with van der Waals surface area (Å²) < 4.78 is 0. The molecule has 0 spiro atoms. The summed E-state index contributed by atoms with van der Waals surface area (Å²) in [5, 5.41) is 21.8. The highest BCUT2D eigenvalue weighted by atomic mass is 16.4. The maximum Gasteiger partial charge on any atom is 0.303 e. The molecule has 0 amide bonds. The number of aryl methyl sites for hydroxylation is 2. The van der Waals surface area contributed by atoms with E-state index in [1.807, 2.05) is 36.4 Å². The fraction of sp³-hybridized carbons (Fsp3) is 0.350. The Balaban J connectivity index is 1.82. The Hall–Kier alpha value is -2.87. The summed E-state index contributed by atoms with van der Waals surface area (Å²) in [4.78, 5) is 15.6. The lowest BCUT2D eigenvalue weighted by Crippen LogP contribution is -2.25. The van der Waals surface area contributed by atoms with E-state index in [0.717, 1.165) is 36.1 Å². The summed E-state index contributed by atoms with van der Waals surface area (Å²) in [6, 6.07) is 14.0. The Labute approximate surface area is 147 Å². The molecule has 1 aliphatic carbocycles. The standard InChI is InChI=1S/C20H21N3O2/c21-13-16-12-15-7-4-8-18(15)23-20(16)22-17(9-10-19(24)25)11-14-5-2-1-3-6-14/h1-3,5-6,12,17H,4,7-11H2,(H,22,23)(H,24,25). The van der Waals surface area contributed by atoms with Crippen molar-refractivity contribution in [3.05, 3.63) is 58.8 Å². The molecule has 1 aliphatic rings. The maximum absolute atomic E-state index is 11.0. The van der Waals surface area contributed by atoms with Crippen LogP contribution in [0.4, 0.5) is 5.82 Å². The second-order valence-corrected chi connectivity index (χ2v) is 6.42. The van der Waals surface area contributed by atoms with E-state index >= 15 is 0 Å². The van der Waals surface area contributed by atoms with Gasteiger partial charge in [0.2, 0.25) is 0 Å². The zero-order chi connectivity index (χ0) is 17.6. The Morgan fingerprint density at radius 1 is 1.32 bits per heavy atom. The zero-order valence-electron chi connectivity index (χ0n) is 14.0. The monoisotopic (exact) mass is 335 g/mol. The largest absolute Gasteiger partial charge is 0.481 e. The van der Waals surface area contributed by atoms with Gasteiger partial charge in [-0.05, 0) is 49.3 Å². The van der Waals surface area contributed by atoms with Gasteiger partial charge in [0.05, 0.1) is 5.56 Å². The average molecular weight is 335 g/mol. The van der Waals surface area contributed by atoms with Crippen molar-refractivity contribution < 1.29 is 9.90 Å². The molecule has 0 aliphatic heterocycles. The minimum atomic E-state index is -0.817. The van der Waals surface area contributed by atoms with Gasteiger partial charge in [0.25, 0.3) is 0 Å². The molecule has 0 saturated carbocycles. The molecule has 5 heteroatoms. The lowest BCUT2D eigenvalue weighted by atomic mass is 10.0. The molecule has 0 bridgehead atoms. The van der Waals surface area contributed by atoms with Crippen LogP contribution in [-0.4, -0.2) is 22.1 Å². The number of hydrogen-bond acceptors (Lipinski definition) is 4. The van der Waals surface area contributed by atoms with Crippen LogP contribution in [-0.2, 0) is 24.1 Å². The first-order valence-electron chi connectivity index (χ1n) is 8.61. The topological polar surface area (TPSA) is 86.0 Å². The van der Waals surface area contributed by atoms with Crippen LogP contribution in [0.5, 0.6) is 0 Å². The highest BCUT2D eigenvalue weighted by Gasteiger charge is 2.19. The van der Waals surface area contributed by atoms with E-state index in [0.29, 0.717) is 24.2 Å². The number of anilines is 1. The molecule has 0 fully saturated rings. The number of fused-ring (bicyclic) bond motifs is 1. The quantitative estimate of drug-likeness (QED) is 0.810. The van der Waals surface area contributed by atoms with Gasteiger partial charge in [0.15, 0.2) is 0 Å². The SMILES string of the molecule is N#Cc1cc2c(nc1NC(CCC(=O)O)Cc1ccccc1)CCC2. The van der Waals surface area contributed by atoms with E-state index in [2.05, 4.69) is 16.4 Å². The number of carboxylic acids is 1. The second-order valence-electron chi connectivity index (χ2n) is 6.42. The number of nitrogens with zero attached hydrogens (tertiary/aromatic N) is 2. The predicted molar refractivity (Wildman–Crippen MR) is 95.4 cm³/mol. The normalized spacial score (nSPS) is 13.7. The molecule has 3 rings (SSSR count). The second kappa shape index (κ2) is 7.80. The first-order valence-corrected chi connectivity index (χ1v) is 8.61. The minimum Gasteiger partial charge on any atom is -0.481 e. The number of benzene rings is 1. The summed E-state index contributed by atoms with van der Waals surface area (Å²) in [6.45, 7) is 0. The van der Waals surface area contributed by atoms with Crippen LogP contribution >= 0.6 is 0 Å². The molecule has 128 valence electrons. The molecule has 2 N–H and O–H groups in total.